The van der Waals surface area contributed by atoms with E-state index in [9.17, 15) is 16.8 Å². The number of nitrogens with one attached hydrogen (secondary N) is 1. The molecule has 0 spiro atoms. The van der Waals surface area contributed by atoms with E-state index in [-0.39, 0.29) is 14.3 Å². The van der Waals surface area contributed by atoms with Crippen LogP contribution in [0.15, 0.2) is 38.9 Å². The van der Waals surface area contributed by atoms with Crippen molar-refractivity contribution in [3.63, 3.8) is 0 Å². The van der Waals surface area contributed by atoms with E-state index in [1.807, 2.05) is 0 Å². The summed E-state index contributed by atoms with van der Waals surface area (Å²) in [4.78, 5) is 4.09. The lowest BCUT2D eigenvalue weighted by atomic mass is 10.3. The molecule has 0 aliphatic rings. The van der Waals surface area contributed by atoms with Crippen molar-refractivity contribution in [3.05, 3.63) is 34.7 Å². The maximum absolute atomic E-state index is 12.3. The number of fused-ring (bicyclic) bond motifs is 1. The lowest BCUT2D eigenvalue weighted by molar-refractivity contribution is 0.596. The molecule has 2 heterocycles. The number of aromatic nitrogens is 1. The third kappa shape index (κ3) is 3.42. The molecule has 0 fully saturated rings. The second kappa shape index (κ2) is 6.26. The summed E-state index contributed by atoms with van der Waals surface area (Å²) < 4.78 is 51.9. The van der Waals surface area contributed by atoms with Gasteiger partial charge in [0.15, 0.2) is 0 Å². The minimum atomic E-state index is -3.74. The number of anilines is 1. The SMILES string of the molecule is CCS(=O)(=O)c1nc2ccc(NS(=O)(=O)c3ccc(Cl)s3)cc2s1. The number of thiazole rings is 1. The van der Waals surface area contributed by atoms with Gasteiger partial charge in [-0.2, -0.15) is 0 Å². The summed E-state index contributed by atoms with van der Waals surface area (Å²) in [7, 11) is -7.13. The van der Waals surface area contributed by atoms with Crippen molar-refractivity contribution in [2.45, 2.75) is 15.5 Å². The van der Waals surface area contributed by atoms with Crippen LogP contribution >= 0.6 is 34.3 Å². The summed E-state index contributed by atoms with van der Waals surface area (Å²) in [6, 6.07) is 7.62. The minimum absolute atomic E-state index is 0.0324. The molecule has 0 aliphatic carbocycles. The van der Waals surface area contributed by atoms with Gasteiger partial charge in [-0.05, 0) is 30.3 Å². The van der Waals surface area contributed by atoms with Gasteiger partial charge >= 0.3 is 0 Å². The first kappa shape index (κ1) is 17.6. The van der Waals surface area contributed by atoms with Gasteiger partial charge in [-0.1, -0.05) is 18.5 Å². The number of hydrogen-bond donors (Lipinski definition) is 1. The quantitative estimate of drug-likeness (QED) is 0.677. The zero-order valence-electron chi connectivity index (χ0n) is 12.2. The normalized spacial score (nSPS) is 12.6. The van der Waals surface area contributed by atoms with Crippen molar-refractivity contribution in [2.24, 2.45) is 0 Å². The molecule has 128 valence electrons. The monoisotopic (exact) mass is 422 g/mol. The van der Waals surface area contributed by atoms with Crippen LogP contribution < -0.4 is 4.72 Å². The molecule has 0 saturated heterocycles. The summed E-state index contributed by atoms with van der Waals surface area (Å²) in [5, 5.41) is 0. The number of sulfone groups is 1. The van der Waals surface area contributed by atoms with Gasteiger partial charge in [0.1, 0.15) is 4.21 Å². The standard InChI is InChI=1S/C13H11ClN2O4S4/c1-2-23(17,18)13-15-9-4-3-8(7-10(9)21-13)16-24(19,20)12-6-5-11(14)22-12/h3-7,16H,2H2,1H3. The average molecular weight is 423 g/mol. The number of benzene rings is 1. The molecule has 0 bridgehead atoms. The molecule has 1 aromatic carbocycles. The number of nitrogens with zero attached hydrogens (tertiary/aromatic N) is 1. The Bertz CT molecular complexity index is 1120. The van der Waals surface area contributed by atoms with Gasteiger partial charge in [-0.25, -0.2) is 21.8 Å². The van der Waals surface area contributed by atoms with Gasteiger partial charge in [-0.3, -0.25) is 4.72 Å². The molecule has 2 aromatic heterocycles. The van der Waals surface area contributed by atoms with Crippen LogP contribution in [0.3, 0.4) is 0 Å². The van der Waals surface area contributed by atoms with Crippen LogP contribution in [0.5, 0.6) is 0 Å². The molecule has 6 nitrogen and oxygen atoms in total. The molecular weight excluding hydrogens is 412 g/mol. The topological polar surface area (TPSA) is 93.2 Å². The molecule has 24 heavy (non-hydrogen) atoms. The minimum Gasteiger partial charge on any atom is -0.279 e. The third-order valence-corrected chi connectivity index (χ3v) is 9.39. The Kier molecular flexibility index (Phi) is 4.60. The van der Waals surface area contributed by atoms with Crippen molar-refractivity contribution in [1.29, 1.82) is 0 Å². The van der Waals surface area contributed by atoms with Gasteiger partial charge in [0, 0.05) is 0 Å². The van der Waals surface area contributed by atoms with E-state index in [1.165, 1.54) is 18.2 Å². The van der Waals surface area contributed by atoms with Crippen molar-refractivity contribution in [1.82, 2.24) is 4.98 Å². The Labute approximate surface area is 152 Å². The molecule has 1 N–H and O–H groups in total. The van der Waals surface area contributed by atoms with Gasteiger partial charge < -0.3 is 0 Å². The van der Waals surface area contributed by atoms with Gasteiger partial charge in [0.25, 0.3) is 10.0 Å². The molecule has 0 aliphatic heterocycles. The molecule has 0 saturated carbocycles. The Hall–Kier alpha value is -1.20. The summed E-state index contributed by atoms with van der Waals surface area (Å²) in [6.45, 7) is 1.55. The van der Waals surface area contributed by atoms with E-state index in [1.54, 1.807) is 19.1 Å². The van der Waals surface area contributed by atoms with E-state index in [0.717, 1.165) is 22.7 Å². The van der Waals surface area contributed by atoms with Crippen LogP contribution in [0.2, 0.25) is 4.34 Å². The van der Waals surface area contributed by atoms with E-state index in [2.05, 4.69) is 9.71 Å². The predicted molar refractivity (Wildman–Crippen MR) is 97.5 cm³/mol. The molecule has 11 heteroatoms. The first-order valence-corrected chi connectivity index (χ1v) is 11.8. The fourth-order valence-corrected chi connectivity index (χ4v) is 6.75. The second-order valence-corrected chi connectivity index (χ2v) is 11.8. The van der Waals surface area contributed by atoms with Crippen molar-refractivity contribution < 1.29 is 16.8 Å². The fourth-order valence-electron chi connectivity index (χ4n) is 1.87. The van der Waals surface area contributed by atoms with Crippen LogP contribution in [0.25, 0.3) is 10.2 Å². The van der Waals surface area contributed by atoms with Gasteiger partial charge in [0.2, 0.25) is 14.2 Å². The summed E-state index contributed by atoms with van der Waals surface area (Å²) in [6.07, 6.45) is 0. The van der Waals surface area contributed by atoms with Gasteiger partial charge in [-0.15, -0.1) is 22.7 Å². The van der Waals surface area contributed by atoms with Crippen molar-refractivity contribution >= 4 is 70.0 Å². The second-order valence-electron chi connectivity index (χ2n) is 4.73. The van der Waals surface area contributed by atoms with Crippen LogP contribution in [-0.2, 0) is 19.9 Å². The Balaban J connectivity index is 1.97. The molecule has 0 amide bonds. The maximum Gasteiger partial charge on any atom is 0.271 e. The van der Waals surface area contributed by atoms with Gasteiger partial charge in [0.05, 0.1) is 26.0 Å². The lowest BCUT2D eigenvalue weighted by Gasteiger charge is -2.05. The highest BCUT2D eigenvalue weighted by molar-refractivity contribution is 7.94. The highest BCUT2D eigenvalue weighted by Crippen LogP contribution is 2.31. The summed E-state index contributed by atoms with van der Waals surface area (Å²) in [5.74, 6) is -0.0363. The first-order chi connectivity index (χ1) is 11.2. The Morgan fingerprint density at radius 1 is 1.12 bits per heavy atom. The van der Waals surface area contributed by atoms with E-state index >= 15 is 0 Å². The highest BCUT2D eigenvalue weighted by Gasteiger charge is 2.19. The molecule has 0 unspecified atom stereocenters. The highest BCUT2D eigenvalue weighted by atomic mass is 35.5. The van der Waals surface area contributed by atoms with Crippen LogP contribution in [0.1, 0.15) is 6.92 Å². The summed E-state index contributed by atoms with van der Waals surface area (Å²) in [5.41, 5.74) is 0.838. The number of rotatable bonds is 5. The lowest BCUT2D eigenvalue weighted by Crippen LogP contribution is -2.11. The first-order valence-electron chi connectivity index (χ1n) is 6.63. The molecule has 0 atom stereocenters. The molecule has 0 radical (unpaired) electrons. The van der Waals surface area contributed by atoms with E-state index < -0.39 is 19.9 Å². The zero-order chi connectivity index (χ0) is 17.5. The Morgan fingerprint density at radius 2 is 1.88 bits per heavy atom. The number of sulfonamides is 1. The summed E-state index contributed by atoms with van der Waals surface area (Å²) >= 11 is 7.74. The predicted octanol–water partition coefficient (Wildman–Crippen LogP) is 3.61. The molecule has 3 aromatic rings. The number of hydrogen-bond acceptors (Lipinski definition) is 7. The average Bonchev–Trinajstić information content (AvgIpc) is 3.13. The van der Waals surface area contributed by atoms with Crippen LogP contribution in [0.4, 0.5) is 5.69 Å². The zero-order valence-corrected chi connectivity index (χ0v) is 16.2. The largest absolute Gasteiger partial charge is 0.279 e. The number of halogens is 1. The van der Waals surface area contributed by atoms with Crippen molar-refractivity contribution in [2.75, 3.05) is 10.5 Å². The third-order valence-electron chi connectivity index (χ3n) is 3.08. The number of thiophene rings is 1. The Morgan fingerprint density at radius 3 is 2.50 bits per heavy atom. The van der Waals surface area contributed by atoms with Crippen LogP contribution in [-0.4, -0.2) is 27.6 Å². The molecule has 3 rings (SSSR count). The van der Waals surface area contributed by atoms with Crippen molar-refractivity contribution in [3.8, 4) is 0 Å². The fraction of sp³-hybridized carbons (Fsp3) is 0.154. The van der Waals surface area contributed by atoms with E-state index in [4.69, 9.17) is 11.6 Å². The van der Waals surface area contributed by atoms with Crippen LogP contribution in [0, 0.1) is 0 Å². The maximum atomic E-state index is 12.3. The smallest absolute Gasteiger partial charge is 0.271 e. The molecular formula is C13H11ClN2O4S4. The van der Waals surface area contributed by atoms with E-state index in [0.29, 0.717) is 20.2 Å².